The largest absolute Gasteiger partial charge is 0.492 e. The van der Waals surface area contributed by atoms with Crippen molar-refractivity contribution in [1.82, 2.24) is 10.2 Å². The van der Waals surface area contributed by atoms with Gasteiger partial charge in [-0.05, 0) is 51.2 Å². The number of aryl methyl sites for hydroxylation is 1. The lowest BCUT2D eigenvalue weighted by Crippen LogP contribution is -2.42. The number of amides is 2. The van der Waals surface area contributed by atoms with Gasteiger partial charge >= 0.3 is 6.03 Å². The van der Waals surface area contributed by atoms with Gasteiger partial charge in [0.1, 0.15) is 12.4 Å². The minimum Gasteiger partial charge on any atom is -0.492 e. The van der Waals surface area contributed by atoms with E-state index in [1.54, 1.807) is 4.90 Å². The Morgan fingerprint density at radius 3 is 2.83 bits per heavy atom. The van der Waals surface area contributed by atoms with E-state index in [9.17, 15) is 4.79 Å². The molecule has 2 rings (SSSR count). The third-order valence-corrected chi connectivity index (χ3v) is 4.40. The summed E-state index contributed by atoms with van der Waals surface area (Å²) in [6.45, 7) is 8.22. The van der Waals surface area contributed by atoms with Crippen LogP contribution in [0.5, 0.6) is 5.75 Å². The summed E-state index contributed by atoms with van der Waals surface area (Å²) in [6, 6.07) is 7.95. The molecule has 1 aliphatic heterocycles. The first kappa shape index (κ1) is 18.6. The van der Waals surface area contributed by atoms with Gasteiger partial charge in [0.2, 0.25) is 0 Å². The van der Waals surface area contributed by atoms with Crippen LogP contribution < -0.4 is 10.1 Å². The monoisotopic (exact) mass is 334 g/mol. The summed E-state index contributed by atoms with van der Waals surface area (Å²) < 4.78 is 11.2. The number of carbonyl (C=O) groups is 1. The summed E-state index contributed by atoms with van der Waals surface area (Å²) in [5.41, 5.74) is 1.21. The van der Waals surface area contributed by atoms with Gasteiger partial charge in [0, 0.05) is 26.3 Å². The van der Waals surface area contributed by atoms with E-state index in [-0.39, 0.29) is 6.03 Å². The maximum atomic E-state index is 12.2. The minimum absolute atomic E-state index is 0.0123. The zero-order chi connectivity index (χ0) is 17.2. The number of benzene rings is 1. The highest BCUT2D eigenvalue weighted by atomic mass is 16.5. The van der Waals surface area contributed by atoms with E-state index in [1.165, 1.54) is 12.0 Å². The van der Waals surface area contributed by atoms with Crippen LogP contribution >= 0.6 is 0 Å². The molecule has 1 aromatic rings. The quantitative estimate of drug-likeness (QED) is 0.794. The zero-order valence-corrected chi connectivity index (χ0v) is 14.9. The third kappa shape index (κ3) is 6.40. The molecule has 0 bridgehead atoms. The number of ether oxygens (including phenoxy) is 2. The molecule has 0 saturated carbocycles. The fourth-order valence-corrected chi connectivity index (χ4v) is 2.84. The van der Waals surface area contributed by atoms with E-state index in [1.807, 2.05) is 38.1 Å². The van der Waals surface area contributed by atoms with Crippen LogP contribution in [0.3, 0.4) is 0 Å². The van der Waals surface area contributed by atoms with Crippen LogP contribution in [-0.2, 0) is 4.74 Å². The van der Waals surface area contributed by atoms with Crippen molar-refractivity contribution in [3.05, 3.63) is 29.8 Å². The van der Waals surface area contributed by atoms with Crippen molar-refractivity contribution in [2.24, 2.45) is 5.92 Å². The first-order chi connectivity index (χ1) is 11.7. The molecule has 0 aromatic heterocycles. The molecule has 1 N–H and O–H groups in total. The summed E-state index contributed by atoms with van der Waals surface area (Å²) in [5.74, 6) is 1.42. The lowest BCUT2D eigenvalue weighted by molar-refractivity contribution is 0.0518. The first-order valence-corrected chi connectivity index (χ1v) is 8.99. The second-order valence-electron chi connectivity index (χ2n) is 6.34. The Hall–Kier alpha value is -1.75. The van der Waals surface area contributed by atoms with Crippen LogP contribution in [0.4, 0.5) is 4.79 Å². The average Bonchev–Trinajstić information content (AvgIpc) is 2.61. The van der Waals surface area contributed by atoms with Crippen molar-refractivity contribution in [2.45, 2.75) is 33.1 Å². The van der Waals surface area contributed by atoms with Crippen molar-refractivity contribution in [1.29, 1.82) is 0 Å². The molecule has 5 heteroatoms. The van der Waals surface area contributed by atoms with Crippen molar-refractivity contribution in [2.75, 3.05) is 39.5 Å². The SMILES string of the molecule is CCN(CCOc1ccc(C)cc1)C(=O)NCC[C@@H]1CCCOC1. The Kier molecular flexibility index (Phi) is 7.89. The van der Waals surface area contributed by atoms with Crippen molar-refractivity contribution >= 4 is 6.03 Å². The molecule has 1 fully saturated rings. The number of urea groups is 1. The number of likely N-dealkylation sites (N-methyl/N-ethyl adjacent to an activating group) is 1. The van der Waals surface area contributed by atoms with Crippen LogP contribution in [0.1, 0.15) is 31.7 Å². The number of carbonyl (C=O) groups excluding carboxylic acids is 1. The smallest absolute Gasteiger partial charge is 0.317 e. The standard InChI is InChI=1S/C19H30N2O3/c1-3-21(12-14-24-18-8-6-16(2)7-9-18)19(22)20-11-10-17-5-4-13-23-15-17/h6-9,17H,3-5,10-15H2,1-2H3,(H,20,22)/t17-/m0/s1. The molecule has 24 heavy (non-hydrogen) atoms. The zero-order valence-electron chi connectivity index (χ0n) is 14.9. The van der Waals surface area contributed by atoms with Crippen molar-refractivity contribution in [3.8, 4) is 5.75 Å². The van der Waals surface area contributed by atoms with Gasteiger partial charge in [0.15, 0.2) is 0 Å². The van der Waals surface area contributed by atoms with Crippen molar-refractivity contribution < 1.29 is 14.3 Å². The molecule has 0 radical (unpaired) electrons. The lowest BCUT2D eigenvalue weighted by Gasteiger charge is -2.24. The fourth-order valence-electron chi connectivity index (χ4n) is 2.84. The first-order valence-electron chi connectivity index (χ1n) is 8.99. The number of nitrogens with zero attached hydrogens (tertiary/aromatic N) is 1. The fraction of sp³-hybridized carbons (Fsp3) is 0.632. The molecule has 0 aliphatic carbocycles. The lowest BCUT2D eigenvalue weighted by atomic mass is 9.99. The molecule has 1 aromatic carbocycles. The molecule has 1 aliphatic rings. The molecule has 2 amide bonds. The van der Waals surface area contributed by atoms with Crippen LogP contribution in [-0.4, -0.2) is 50.4 Å². The van der Waals surface area contributed by atoms with Gasteiger partial charge in [-0.2, -0.15) is 0 Å². The van der Waals surface area contributed by atoms with E-state index in [0.717, 1.165) is 31.8 Å². The maximum Gasteiger partial charge on any atom is 0.317 e. The minimum atomic E-state index is -0.0123. The summed E-state index contributed by atoms with van der Waals surface area (Å²) in [6.07, 6.45) is 3.33. The third-order valence-electron chi connectivity index (χ3n) is 4.40. The topological polar surface area (TPSA) is 50.8 Å². The molecule has 0 unspecified atom stereocenters. The summed E-state index contributed by atoms with van der Waals surface area (Å²) in [5, 5.41) is 3.01. The Morgan fingerprint density at radius 2 is 2.17 bits per heavy atom. The highest BCUT2D eigenvalue weighted by molar-refractivity contribution is 5.74. The maximum absolute atomic E-state index is 12.2. The van der Waals surface area contributed by atoms with E-state index in [4.69, 9.17) is 9.47 Å². The van der Waals surface area contributed by atoms with E-state index >= 15 is 0 Å². The molecule has 5 nitrogen and oxygen atoms in total. The number of hydrogen-bond acceptors (Lipinski definition) is 3. The summed E-state index contributed by atoms with van der Waals surface area (Å²) >= 11 is 0. The second kappa shape index (κ2) is 10.2. The van der Waals surface area contributed by atoms with Gasteiger partial charge in [-0.3, -0.25) is 0 Å². The molecular formula is C19H30N2O3. The average molecular weight is 334 g/mol. The summed E-state index contributed by atoms with van der Waals surface area (Å²) in [4.78, 5) is 14.0. The Morgan fingerprint density at radius 1 is 1.38 bits per heavy atom. The van der Waals surface area contributed by atoms with Gasteiger partial charge in [-0.1, -0.05) is 17.7 Å². The molecule has 1 atom stereocenters. The Labute approximate surface area is 145 Å². The normalized spacial score (nSPS) is 17.3. The number of hydrogen-bond donors (Lipinski definition) is 1. The summed E-state index contributed by atoms with van der Waals surface area (Å²) in [7, 11) is 0. The predicted molar refractivity (Wildman–Crippen MR) is 95.5 cm³/mol. The Balaban J connectivity index is 1.64. The predicted octanol–water partition coefficient (Wildman–Crippen LogP) is 3.22. The highest BCUT2D eigenvalue weighted by Crippen LogP contribution is 2.16. The van der Waals surface area contributed by atoms with Crippen molar-refractivity contribution in [3.63, 3.8) is 0 Å². The molecule has 134 valence electrons. The van der Waals surface area contributed by atoms with Gasteiger partial charge in [0.25, 0.3) is 0 Å². The second-order valence-corrected chi connectivity index (χ2v) is 6.34. The molecular weight excluding hydrogens is 304 g/mol. The van der Waals surface area contributed by atoms with Crippen LogP contribution in [0.15, 0.2) is 24.3 Å². The van der Waals surface area contributed by atoms with Gasteiger partial charge in [-0.15, -0.1) is 0 Å². The van der Waals surface area contributed by atoms with E-state index in [0.29, 0.717) is 32.2 Å². The van der Waals surface area contributed by atoms with Gasteiger partial charge < -0.3 is 19.7 Å². The highest BCUT2D eigenvalue weighted by Gasteiger charge is 2.15. The van der Waals surface area contributed by atoms with E-state index < -0.39 is 0 Å². The van der Waals surface area contributed by atoms with Crippen LogP contribution in [0.2, 0.25) is 0 Å². The van der Waals surface area contributed by atoms with Gasteiger partial charge in [-0.25, -0.2) is 4.79 Å². The molecule has 1 saturated heterocycles. The van der Waals surface area contributed by atoms with Gasteiger partial charge in [0.05, 0.1) is 6.54 Å². The van der Waals surface area contributed by atoms with E-state index in [2.05, 4.69) is 5.32 Å². The number of nitrogens with one attached hydrogen (secondary N) is 1. The van der Waals surface area contributed by atoms with Crippen LogP contribution in [0.25, 0.3) is 0 Å². The molecule has 0 spiro atoms. The number of rotatable bonds is 8. The Bertz CT molecular complexity index is 484. The van der Waals surface area contributed by atoms with Crippen LogP contribution in [0, 0.1) is 12.8 Å². The molecule has 1 heterocycles.